The Labute approximate surface area is 108 Å². The average Bonchev–Trinajstić information content (AvgIpc) is 2.32. The van der Waals surface area contributed by atoms with Gasteiger partial charge in [-0.3, -0.25) is 4.79 Å². The lowest BCUT2D eigenvalue weighted by Gasteiger charge is -2.15. The molecule has 17 heavy (non-hydrogen) atoms. The summed E-state index contributed by atoms with van der Waals surface area (Å²) >= 11 is 6.01. The summed E-state index contributed by atoms with van der Waals surface area (Å²) in [6, 6.07) is 7.34. The van der Waals surface area contributed by atoms with Gasteiger partial charge >= 0.3 is 0 Å². The van der Waals surface area contributed by atoms with Crippen LogP contribution in [0.25, 0.3) is 0 Å². The SMILES string of the molecule is CCCC(CCC)C(=O)Nc1ccccc1Cl. The average molecular weight is 254 g/mol. The van der Waals surface area contributed by atoms with Crippen LogP contribution in [0.5, 0.6) is 0 Å². The molecule has 0 aliphatic carbocycles. The van der Waals surface area contributed by atoms with Gasteiger partial charge in [-0.1, -0.05) is 50.4 Å². The zero-order valence-corrected chi connectivity index (χ0v) is 11.3. The molecule has 2 nitrogen and oxygen atoms in total. The fourth-order valence-corrected chi connectivity index (χ4v) is 2.08. The Morgan fingerprint density at radius 2 is 1.82 bits per heavy atom. The standard InChI is InChI=1S/C14H20ClNO/c1-3-7-11(8-4-2)14(17)16-13-10-6-5-9-12(13)15/h5-6,9-11H,3-4,7-8H2,1-2H3,(H,16,17). The van der Waals surface area contributed by atoms with Crippen LogP contribution in [-0.4, -0.2) is 5.91 Å². The fraction of sp³-hybridized carbons (Fsp3) is 0.500. The van der Waals surface area contributed by atoms with E-state index in [9.17, 15) is 4.79 Å². The topological polar surface area (TPSA) is 29.1 Å². The molecule has 0 saturated heterocycles. The number of para-hydroxylation sites is 1. The minimum atomic E-state index is 0.0850. The summed E-state index contributed by atoms with van der Waals surface area (Å²) < 4.78 is 0. The first kappa shape index (κ1) is 14.0. The highest BCUT2D eigenvalue weighted by atomic mass is 35.5. The minimum Gasteiger partial charge on any atom is -0.325 e. The van der Waals surface area contributed by atoms with Crippen molar-refractivity contribution >= 4 is 23.2 Å². The predicted octanol–water partition coefficient (Wildman–Crippen LogP) is 4.49. The van der Waals surface area contributed by atoms with Crippen molar-refractivity contribution < 1.29 is 4.79 Å². The third-order valence-electron chi connectivity index (χ3n) is 2.78. The summed E-state index contributed by atoms with van der Waals surface area (Å²) in [6.07, 6.45) is 3.93. The fourth-order valence-electron chi connectivity index (χ4n) is 1.90. The van der Waals surface area contributed by atoms with Gasteiger partial charge in [0.25, 0.3) is 0 Å². The molecule has 0 atom stereocenters. The number of nitrogens with one attached hydrogen (secondary N) is 1. The van der Waals surface area contributed by atoms with E-state index in [4.69, 9.17) is 11.6 Å². The Morgan fingerprint density at radius 3 is 2.35 bits per heavy atom. The molecule has 0 saturated carbocycles. The van der Waals surface area contributed by atoms with Crippen molar-refractivity contribution in [3.63, 3.8) is 0 Å². The van der Waals surface area contributed by atoms with Crippen molar-refractivity contribution in [2.75, 3.05) is 5.32 Å². The molecule has 0 fully saturated rings. The van der Waals surface area contributed by atoms with Crippen LogP contribution >= 0.6 is 11.6 Å². The Kier molecular flexibility index (Phi) is 6.06. The van der Waals surface area contributed by atoms with Gasteiger partial charge in [-0.15, -0.1) is 0 Å². The molecule has 0 radical (unpaired) electrons. The molecule has 1 N–H and O–H groups in total. The number of carbonyl (C=O) groups is 1. The summed E-state index contributed by atoms with van der Waals surface area (Å²) in [4.78, 5) is 12.1. The molecule has 0 bridgehead atoms. The lowest BCUT2D eigenvalue weighted by molar-refractivity contribution is -0.120. The quantitative estimate of drug-likeness (QED) is 0.795. The number of halogens is 1. The van der Waals surface area contributed by atoms with Crippen molar-refractivity contribution in [1.29, 1.82) is 0 Å². The van der Waals surface area contributed by atoms with Crippen LogP contribution in [0.3, 0.4) is 0 Å². The summed E-state index contributed by atoms with van der Waals surface area (Å²) in [5, 5.41) is 3.50. The van der Waals surface area contributed by atoms with E-state index in [0.29, 0.717) is 10.7 Å². The zero-order chi connectivity index (χ0) is 12.7. The van der Waals surface area contributed by atoms with E-state index < -0.39 is 0 Å². The predicted molar refractivity (Wildman–Crippen MR) is 73.4 cm³/mol. The Morgan fingerprint density at radius 1 is 1.24 bits per heavy atom. The third-order valence-corrected chi connectivity index (χ3v) is 3.11. The highest BCUT2D eigenvalue weighted by Gasteiger charge is 2.17. The first-order chi connectivity index (χ1) is 8.19. The molecule has 94 valence electrons. The van der Waals surface area contributed by atoms with E-state index in [1.165, 1.54) is 0 Å². The van der Waals surface area contributed by atoms with E-state index in [-0.39, 0.29) is 11.8 Å². The molecule has 0 aliphatic rings. The number of anilines is 1. The molecule has 0 aromatic heterocycles. The molecule has 1 rings (SSSR count). The second kappa shape index (κ2) is 7.33. The lowest BCUT2D eigenvalue weighted by Crippen LogP contribution is -2.22. The van der Waals surface area contributed by atoms with Crippen LogP contribution in [0.1, 0.15) is 39.5 Å². The number of benzene rings is 1. The number of hydrogen-bond acceptors (Lipinski definition) is 1. The van der Waals surface area contributed by atoms with E-state index in [1.54, 1.807) is 6.07 Å². The Hall–Kier alpha value is -1.02. The number of amides is 1. The monoisotopic (exact) mass is 253 g/mol. The first-order valence-electron chi connectivity index (χ1n) is 6.24. The maximum absolute atomic E-state index is 12.1. The van der Waals surface area contributed by atoms with Crippen LogP contribution in [0.4, 0.5) is 5.69 Å². The van der Waals surface area contributed by atoms with Crippen LogP contribution in [0.15, 0.2) is 24.3 Å². The van der Waals surface area contributed by atoms with Gasteiger partial charge in [0.2, 0.25) is 5.91 Å². The second-order valence-electron chi connectivity index (χ2n) is 4.24. The third kappa shape index (κ3) is 4.39. The highest BCUT2D eigenvalue weighted by Crippen LogP contribution is 2.23. The van der Waals surface area contributed by atoms with Gasteiger partial charge in [0.15, 0.2) is 0 Å². The van der Waals surface area contributed by atoms with Crippen molar-refractivity contribution in [3.8, 4) is 0 Å². The number of hydrogen-bond donors (Lipinski definition) is 1. The molecule has 0 heterocycles. The molecular formula is C14H20ClNO. The van der Waals surface area contributed by atoms with Gasteiger partial charge < -0.3 is 5.32 Å². The molecule has 1 amide bonds. The summed E-state index contributed by atoms with van der Waals surface area (Å²) in [5.41, 5.74) is 0.705. The van der Waals surface area contributed by atoms with Gasteiger partial charge in [0.05, 0.1) is 10.7 Å². The molecule has 1 aromatic rings. The first-order valence-corrected chi connectivity index (χ1v) is 6.62. The van der Waals surface area contributed by atoms with Gasteiger partial charge in [0, 0.05) is 5.92 Å². The van der Waals surface area contributed by atoms with Crippen LogP contribution in [-0.2, 0) is 4.79 Å². The van der Waals surface area contributed by atoms with Crippen molar-refractivity contribution in [3.05, 3.63) is 29.3 Å². The highest BCUT2D eigenvalue weighted by molar-refractivity contribution is 6.33. The van der Waals surface area contributed by atoms with E-state index in [0.717, 1.165) is 25.7 Å². The van der Waals surface area contributed by atoms with E-state index in [2.05, 4.69) is 19.2 Å². The van der Waals surface area contributed by atoms with Gasteiger partial charge in [-0.25, -0.2) is 0 Å². The molecular weight excluding hydrogens is 234 g/mol. The van der Waals surface area contributed by atoms with Crippen molar-refractivity contribution in [1.82, 2.24) is 0 Å². The van der Waals surface area contributed by atoms with E-state index in [1.807, 2.05) is 18.2 Å². The molecule has 1 aromatic carbocycles. The normalized spacial score (nSPS) is 10.6. The van der Waals surface area contributed by atoms with Crippen LogP contribution in [0, 0.1) is 5.92 Å². The summed E-state index contributed by atoms with van der Waals surface area (Å²) in [5.74, 6) is 0.183. The van der Waals surface area contributed by atoms with Gasteiger partial charge in [-0.05, 0) is 25.0 Å². The number of rotatable bonds is 6. The van der Waals surface area contributed by atoms with Crippen molar-refractivity contribution in [2.45, 2.75) is 39.5 Å². The molecule has 0 unspecified atom stereocenters. The maximum Gasteiger partial charge on any atom is 0.227 e. The van der Waals surface area contributed by atoms with Crippen LogP contribution in [0.2, 0.25) is 5.02 Å². The lowest BCUT2D eigenvalue weighted by atomic mass is 9.97. The van der Waals surface area contributed by atoms with Gasteiger partial charge in [0.1, 0.15) is 0 Å². The Balaban J connectivity index is 2.66. The second-order valence-corrected chi connectivity index (χ2v) is 4.65. The maximum atomic E-state index is 12.1. The van der Waals surface area contributed by atoms with E-state index >= 15 is 0 Å². The smallest absolute Gasteiger partial charge is 0.227 e. The molecule has 0 spiro atoms. The zero-order valence-electron chi connectivity index (χ0n) is 10.5. The molecule has 3 heteroatoms. The minimum absolute atomic E-state index is 0.0850. The Bertz CT molecular complexity index is 359. The van der Waals surface area contributed by atoms with Crippen LogP contribution < -0.4 is 5.32 Å². The van der Waals surface area contributed by atoms with Gasteiger partial charge in [-0.2, -0.15) is 0 Å². The van der Waals surface area contributed by atoms with Crippen molar-refractivity contribution in [2.24, 2.45) is 5.92 Å². The number of carbonyl (C=O) groups excluding carboxylic acids is 1. The summed E-state index contributed by atoms with van der Waals surface area (Å²) in [6.45, 7) is 4.21. The summed E-state index contributed by atoms with van der Waals surface area (Å²) in [7, 11) is 0. The largest absolute Gasteiger partial charge is 0.325 e. The molecule has 0 aliphatic heterocycles.